The summed E-state index contributed by atoms with van der Waals surface area (Å²) in [5, 5.41) is 3.78. The summed E-state index contributed by atoms with van der Waals surface area (Å²) >= 11 is 0. The molecule has 2 aliphatic rings. The monoisotopic (exact) mass is 238 g/mol. The molecule has 0 aromatic carbocycles. The number of hydrogen-bond acceptors (Lipinski definition) is 2. The van der Waals surface area contributed by atoms with E-state index in [1.165, 1.54) is 51.6 Å². The largest absolute Gasteiger partial charge is 0.311 e. The summed E-state index contributed by atoms with van der Waals surface area (Å²) in [6.07, 6.45) is 8.32. The van der Waals surface area contributed by atoms with Gasteiger partial charge in [-0.05, 0) is 38.5 Å². The topological polar surface area (TPSA) is 15.3 Å². The maximum atomic E-state index is 3.78. The summed E-state index contributed by atoms with van der Waals surface area (Å²) in [6, 6.07) is 2.35. The average molecular weight is 238 g/mol. The molecule has 0 amide bonds. The van der Waals surface area contributed by atoms with Crippen LogP contribution in [0.5, 0.6) is 0 Å². The summed E-state index contributed by atoms with van der Waals surface area (Å²) in [5.74, 6) is 0.994. The maximum absolute atomic E-state index is 3.78. The molecule has 3 atom stereocenters. The van der Waals surface area contributed by atoms with Gasteiger partial charge < -0.3 is 5.32 Å². The molecule has 2 nitrogen and oxygen atoms in total. The van der Waals surface area contributed by atoms with Crippen molar-refractivity contribution in [1.82, 2.24) is 10.2 Å². The van der Waals surface area contributed by atoms with E-state index in [1.54, 1.807) is 0 Å². The van der Waals surface area contributed by atoms with Crippen LogP contribution in [0.1, 0.15) is 59.3 Å². The Morgan fingerprint density at radius 1 is 1.29 bits per heavy atom. The summed E-state index contributed by atoms with van der Waals surface area (Å²) in [4.78, 5) is 2.80. The van der Waals surface area contributed by atoms with Crippen molar-refractivity contribution in [2.75, 3.05) is 13.1 Å². The lowest BCUT2D eigenvalue weighted by Gasteiger charge is -2.44. The summed E-state index contributed by atoms with van der Waals surface area (Å²) in [5.41, 5.74) is 0. The smallest absolute Gasteiger partial charge is 0.0224 e. The number of nitrogens with one attached hydrogen (secondary N) is 1. The molecular formula is C15H30N2. The minimum absolute atomic E-state index is 0.775. The lowest BCUT2D eigenvalue weighted by molar-refractivity contribution is 0.0756. The molecule has 1 aliphatic heterocycles. The number of hydrogen-bond donors (Lipinski definition) is 1. The van der Waals surface area contributed by atoms with Gasteiger partial charge in [0, 0.05) is 31.2 Å². The van der Waals surface area contributed by atoms with E-state index in [1.807, 2.05) is 0 Å². The van der Waals surface area contributed by atoms with Crippen molar-refractivity contribution in [1.29, 1.82) is 0 Å². The third-order valence-corrected chi connectivity index (χ3v) is 4.70. The average Bonchev–Trinajstić information content (AvgIpc) is 3.19. The van der Waals surface area contributed by atoms with Crippen molar-refractivity contribution < 1.29 is 0 Å². The quantitative estimate of drug-likeness (QED) is 0.765. The molecular weight excluding hydrogens is 208 g/mol. The van der Waals surface area contributed by atoms with Crippen LogP contribution in [0.4, 0.5) is 0 Å². The molecule has 1 saturated heterocycles. The molecule has 2 rings (SSSR count). The fraction of sp³-hybridized carbons (Fsp3) is 1.00. The number of piperazine rings is 1. The highest BCUT2D eigenvalue weighted by Gasteiger charge is 2.37. The van der Waals surface area contributed by atoms with Crippen molar-refractivity contribution in [2.45, 2.75) is 77.4 Å². The molecule has 0 spiro atoms. The second-order valence-electron chi connectivity index (χ2n) is 6.10. The molecule has 1 heterocycles. The van der Waals surface area contributed by atoms with Gasteiger partial charge in [-0.3, -0.25) is 4.90 Å². The van der Waals surface area contributed by atoms with Crippen LogP contribution < -0.4 is 5.32 Å². The van der Waals surface area contributed by atoms with Crippen LogP contribution >= 0.6 is 0 Å². The van der Waals surface area contributed by atoms with E-state index in [-0.39, 0.29) is 0 Å². The summed E-state index contributed by atoms with van der Waals surface area (Å²) < 4.78 is 0. The molecule has 0 bridgehead atoms. The van der Waals surface area contributed by atoms with Crippen LogP contribution in [-0.2, 0) is 0 Å². The molecule has 1 aliphatic carbocycles. The Labute approximate surface area is 107 Å². The van der Waals surface area contributed by atoms with Gasteiger partial charge >= 0.3 is 0 Å². The van der Waals surface area contributed by atoms with Crippen LogP contribution in [0, 0.1) is 5.92 Å². The van der Waals surface area contributed by atoms with E-state index in [9.17, 15) is 0 Å². The molecule has 0 aromatic rings. The Hall–Kier alpha value is -0.0800. The van der Waals surface area contributed by atoms with E-state index in [4.69, 9.17) is 0 Å². The minimum Gasteiger partial charge on any atom is -0.311 e. The van der Waals surface area contributed by atoms with Crippen LogP contribution in [0.3, 0.4) is 0 Å². The van der Waals surface area contributed by atoms with Gasteiger partial charge in [-0.15, -0.1) is 0 Å². The lowest BCUT2D eigenvalue weighted by Crippen LogP contribution is -2.59. The first-order valence-electron chi connectivity index (χ1n) is 7.75. The highest BCUT2D eigenvalue weighted by molar-refractivity contribution is 4.95. The van der Waals surface area contributed by atoms with E-state index < -0.39 is 0 Å². The van der Waals surface area contributed by atoms with Gasteiger partial charge in [0.1, 0.15) is 0 Å². The Bertz CT molecular complexity index is 225. The van der Waals surface area contributed by atoms with E-state index >= 15 is 0 Å². The van der Waals surface area contributed by atoms with Crippen LogP contribution in [0.15, 0.2) is 0 Å². The van der Waals surface area contributed by atoms with Crippen molar-refractivity contribution in [2.24, 2.45) is 5.92 Å². The zero-order valence-corrected chi connectivity index (χ0v) is 11.9. The minimum atomic E-state index is 0.775. The third kappa shape index (κ3) is 3.45. The van der Waals surface area contributed by atoms with Gasteiger partial charge in [-0.1, -0.05) is 26.7 Å². The van der Waals surface area contributed by atoms with Gasteiger partial charge in [-0.25, -0.2) is 0 Å². The molecule has 0 aromatic heterocycles. The van der Waals surface area contributed by atoms with Crippen LogP contribution in [0.2, 0.25) is 0 Å². The van der Waals surface area contributed by atoms with Crippen LogP contribution in [-0.4, -0.2) is 36.1 Å². The first-order valence-corrected chi connectivity index (χ1v) is 7.75. The van der Waals surface area contributed by atoms with Gasteiger partial charge in [0.2, 0.25) is 0 Å². The fourth-order valence-electron chi connectivity index (χ4n) is 3.24. The predicted octanol–water partition coefficient (Wildman–Crippen LogP) is 3.03. The van der Waals surface area contributed by atoms with Gasteiger partial charge in [0.25, 0.3) is 0 Å². The Morgan fingerprint density at radius 2 is 2.06 bits per heavy atom. The second-order valence-corrected chi connectivity index (χ2v) is 6.10. The Balaban J connectivity index is 1.88. The standard InChI is InChI=1S/C15H30N2/c1-4-6-7-12(3)17-11-15(13-8-9-13)16-10-14(17)5-2/h12-16H,4-11H2,1-3H3. The van der Waals surface area contributed by atoms with E-state index in [2.05, 4.69) is 31.0 Å². The van der Waals surface area contributed by atoms with Crippen molar-refractivity contribution in [3.8, 4) is 0 Å². The summed E-state index contributed by atoms with van der Waals surface area (Å²) in [7, 11) is 0. The molecule has 3 unspecified atom stereocenters. The van der Waals surface area contributed by atoms with Crippen LogP contribution in [0.25, 0.3) is 0 Å². The summed E-state index contributed by atoms with van der Waals surface area (Å²) in [6.45, 7) is 9.59. The van der Waals surface area contributed by atoms with Gasteiger partial charge in [0.15, 0.2) is 0 Å². The predicted molar refractivity (Wildman–Crippen MR) is 74.3 cm³/mol. The number of rotatable bonds is 6. The fourth-order valence-corrected chi connectivity index (χ4v) is 3.24. The van der Waals surface area contributed by atoms with Gasteiger partial charge in [0.05, 0.1) is 0 Å². The number of nitrogens with zero attached hydrogens (tertiary/aromatic N) is 1. The normalized spacial score (nSPS) is 32.6. The molecule has 1 N–H and O–H groups in total. The van der Waals surface area contributed by atoms with Gasteiger partial charge in [-0.2, -0.15) is 0 Å². The number of unbranched alkanes of at least 4 members (excludes halogenated alkanes) is 1. The molecule has 1 saturated carbocycles. The molecule has 17 heavy (non-hydrogen) atoms. The van der Waals surface area contributed by atoms with E-state index in [0.29, 0.717) is 0 Å². The maximum Gasteiger partial charge on any atom is 0.0224 e. The highest BCUT2D eigenvalue weighted by atomic mass is 15.3. The SMILES string of the molecule is CCCCC(C)N1CC(C2CC2)NCC1CC. The van der Waals surface area contributed by atoms with Crippen molar-refractivity contribution in [3.63, 3.8) is 0 Å². The molecule has 2 heteroatoms. The highest BCUT2D eigenvalue weighted by Crippen LogP contribution is 2.35. The second kappa shape index (κ2) is 6.19. The molecule has 0 radical (unpaired) electrons. The lowest BCUT2D eigenvalue weighted by atomic mass is 9.99. The Morgan fingerprint density at radius 3 is 2.65 bits per heavy atom. The van der Waals surface area contributed by atoms with Crippen molar-refractivity contribution in [3.05, 3.63) is 0 Å². The third-order valence-electron chi connectivity index (χ3n) is 4.70. The molecule has 100 valence electrons. The first kappa shape index (κ1) is 13.4. The van der Waals surface area contributed by atoms with E-state index in [0.717, 1.165) is 24.0 Å². The Kier molecular flexibility index (Phi) is 4.87. The van der Waals surface area contributed by atoms with Crippen molar-refractivity contribution >= 4 is 0 Å². The zero-order valence-electron chi connectivity index (χ0n) is 11.9. The molecule has 2 fully saturated rings. The first-order chi connectivity index (χ1) is 8.26. The zero-order chi connectivity index (χ0) is 12.3.